The van der Waals surface area contributed by atoms with Crippen LogP contribution in [-0.2, 0) is 11.3 Å². The fourth-order valence-corrected chi connectivity index (χ4v) is 2.83. The molecule has 4 nitrogen and oxygen atoms in total. The second-order valence-corrected chi connectivity index (χ2v) is 5.66. The summed E-state index contributed by atoms with van der Waals surface area (Å²) in [6, 6.07) is 8.02. The van der Waals surface area contributed by atoms with Crippen LogP contribution in [0.1, 0.15) is 31.2 Å². The maximum atomic E-state index is 12.2. The van der Waals surface area contributed by atoms with E-state index in [1.807, 2.05) is 31.3 Å². The van der Waals surface area contributed by atoms with Gasteiger partial charge in [0.15, 0.2) is 0 Å². The highest BCUT2D eigenvalue weighted by molar-refractivity contribution is 5.76. The average Bonchev–Trinajstić information content (AvgIpc) is 2.84. The van der Waals surface area contributed by atoms with Gasteiger partial charge in [-0.25, -0.2) is 0 Å². The van der Waals surface area contributed by atoms with Crippen LogP contribution in [0.4, 0.5) is 0 Å². The summed E-state index contributed by atoms with van der Waals surface area (Å²) in [6.45, 7) is 0.609. The lowest BCUT2D eigenvalue weighted by Crippen LogP contribution is -2.32. The van der Waals surface area contributed by atoms with Crippen molar-refractivity contribution in [2.45, 2.75) is 38.3 Å². The standard InChI is InChI=1S/C16H24N2O2/c1-18(11-12-5-3-7-14(9-12)20-2)16(19)10-13-6-4-8-15(13)17/h3,5,7,9,13,15H,4,6,8,10-11,17H2,1-2H3/t13-,15+/m0/s1. The molecule has 1 amide bonds. The Morgan fingerprint density at radius 1 is 1.45 bits per heavy atom. The first-order valence-corrected chi connectivity index (χ1v) is 7.22. The van der Waals surface area contributed by atoms with Gasteiger partial charge in [0.25, 0.3) is 0 Å². The van der Waals surface area contributed by atoms with Crippen LogP contribution in [0.15, 0.2) is 24.3 Å². The fraction of sp³-hybridized carbons (Fsp3) is 0.562. The maximum absolute atomic E-state index is 12.2. The van der Waals surface area contributed by atoms with Gasteiger partial charge in [0, 0.05) is 26.1 Å². The smallest absolute Gasteiger partial charge is 0.222 e. The van der Waals surface area contributed by atoms with Crippen molar-refractivity contribution < 1.29 is 9.53 Å². The fourth-order valence-electron chi connectivity index (χ4n) is 2.83. The number of amides is 1. The molecule has 0 aromatic heterocycles. The van der Waals surface area contributed by atoms with Crippen LogP contribution < -0.4 is 10.5 Å². The molecule has 1 saturated carbocycles. The Kier molecular flexibility index (Phi) is 5.01. The highest BCUT2D eigenvalue weighted by atomic mass is 16.5. The molecule has 1 aromatic carbocycles. The number of hydrogen-bond donors (Lipinski definition) is 1. The topological polar surface area (TPSA) is 55.6 Å². The molecule has 1 fully saturated rings. The lowest BCUT2D eigenvalue weighted by molar-refractivity contribution is -0.131. The molecule has 0 aliphatic heterocycles. The summed E-state index contributed by atoms with van der Waals surface area (Å²) >= 11 is 0. The molecule has 1 aliphatic carbocycles. The predicted octanol–water partition coefficient (Wildman–Crippen LogP) is 2.17. The number of carbonyl (C=O) groups excluding carboxylic acids is 1. The van der Waals surface area contributed by atoms with Crippen LogP contribution in [0.5, 0.6) is 5.75 Å². The zero-order valence-electron chi connectivity index (χ0n) is 12.3. The van der Waals surface area contributed by atoms with Gasteiger partial charge in [-0.1, -0.05) is 18.6 Å². The number of carbonyl (C=O) groups is 1. The molecule has 0 heterocycles. The van der Waals surface area contributed by atoms with Crippen LogP contribution in [0.2, 0.25) is 0 Å². The van der Waals surface area contributed by atoms with E-state index in [-0.39, 0.29) is 11.9 Å². The van der Waals surface area contributed by atoms with Crippen LogP contribution in [0.25, 0.3) is 0 Å². The van der Waals surface area contributed by atoms with Crippen LogP contribution in [0.3, 0.4) is 0 Å². The SMILES string of the molecule is COc1cccc(CN(C)C(=O)C[C@@H]2CCC[C@H]2N)c1. The molecule has 0 unspecified atom stereocenters. The van der Waals surface area contributed by atoms with Crippen molar-refractivity contribution in [2.75, 3.05) is 14.2 Å². The first kappa shape index (κ1) is 14.9. The Hall–Kier alpha value is -1.55. The molecule has 20 heavy (non-hydrogen) atoms. The number of hydrogen-bond acceptors (Lipinski definition) is 3. The monoisotopic (exact) mass is 276 g/mol. The molecule has 2 N–H and O–H groups in total. The highest BCUT2D eigenvalue weighted by Crippen LogP contribution is 2.27. The van der Waals surface area contributed by atoms with Crippen LogP contribution in [-0.4, -0.2) is 31.0 Å². The quantitative estimate of drug-likeness (QED) is 0.896. The molecule has 0 radical (unpaired) electrons. The molecule has 1 aliphatic rings. The summed E-state index contributed by atoms with van der Waals surface area (Å²) in [4.78, 5) is 14.0. The minimum Gasteiger partial charge on any atom is -0.497 e. The lowest BCUT2D eigenvalue weighted by Gasteiger charge is -2.21. The van der Waals surface area contributed by atoms with Gasteiger partial charge in [-0.2, -0.15) is 0 Å². The minimum atomic E-state index is 0.176. The van der Waals surface area contributed by atoms with Gasteiger partial charge in [0.05, 0.1) is 7.11 Å². The number of benzene rings is 1. The largest absolute Gasteiger partial charge is 0.497 e. The van der Waals surface area contributed by atoms with Gasteiger partial charge < -0.3 is 15.4 Å². The van der Waals surface area contributed by atoms with Crippen LogP contribution in [0, 0.1) is 5.92 Å². The van der Waals surface area contributed by atoms with E-state index in [0.29, 0.717) is 18.9 Å². The number of nitrogens with two attached hydrogens (primary N) is 1. The molecule has 110 valence electrons. The zero-order valence-corrected chi connectivity index (χ0v) is 12.3. The molecule has 1 aromatic rings. The zero-order chi connectivity index (χ0) is 14.5. The first-order chi connectivity index (χ1) is 9.60. The molecule has 2 rings (SSSR count). The minimum absolute atomic E-state index is 0.176. The van der Waals surface area contributed by atoms with Gasteiger partial charge in [0.2, 0.25) is 5.91 Å². The van der Waals surface area contributed by atoms with Gasteiger partial charge in [-0.15, -0.1) is 0 Å². The Morgan fingerprint density at radius 3 is 2.90 bits per heavy atom. The van der Waals surface area contributed by atoms with Gasteiger partial charge in [-0.3, -0.25) is 4.79 Å². The number of nitrogens with zero attached hydrogens (tertiary/aromatic N) is 1. The summed E-state index contributed by atoms with van der Waals surface area (Å²) in [5.41, 5.74) is 7.11. The molecule has 0 spiro atoms. The maximum Gasteiger partial charge on any atom is 0.222 e. The van der Waals surface area contributed by atoms with E-state index in [0.717, 1.165) is 30.6 Å². The highest BCUT2D eigenvalue weighted by Gasteiger charge is 2.27. The molecule has 4 heteroatoms. The first-order valence-electron chi connectivity index (χ1n) is 7.22. The number of rotatable bonds is 5. The van der Waals surface area contributed by atoms with Crippen molar-refractivity contribution >= 4 is 5.91 Å². The van der Waals surface area contributed by atoms with Gasteiger partial charge >= 0.3 is 0 Å². The van der Waals surface area contributed by atoms with Gasteiger partial charge in [-0.05, 0) is 36.5 Å². The summed E-state index contributed by atoms with van der Waals surface area (Å²) in [5, 5.41) is 0. The normalized spacial score (nSPS) is 21.8. The van der Waals surface area contributed by atoms with Crippen molar-refractivity contribution in [3.63, 3.8) is 0 Å². The van der Waals surface area contributed by atoms with E-state index in [4.69, 9.17) is 10.5 Å². The average molecular weight is 276 g/mol. The summed E-state index contributed by atoms with van der Waals surface area (Å²) in [7, 11) is 3.50. The third kappa shape index (κ3) is 3.73. The second kappa shape index (κ2) is 6.75. The third-order valence-electron chi connectivity index (χ3n) is 4.13. The van der Waals surface area contributed by atoms with Gasteiger partial charge in [0.1, 0.15) is 5.75 Å². The molecule has 2 atom stereocenters. The van der Waals surface area contributed by atoms with E-state index in [1.165, 1.54) is 0 Å². The summed E-state index contributed by atoms with van der Waals surface area (Å²) in [5.74, 6) is 1.35. The Bertz CT molecular complexity index is 462. The second-order valence-electron chi connectivity index (χ2n) is 5.66. The van der Waals surface area contributed by atoms with Crippen molar-refractivity contribution in [2.24, 2.45) is 11.7 Å². The Labute approximate surface area is 120 Å². The van der Waals surface area contributed by atoms with E-state index in [2.05, 4.69) is 0 Å². The van der Waals surface area contributed by atoms with E-state index in [9.17, 15) is 4.79 Å². The van der Waals surface area contributed by atoms with E-state index in [1.54, 1.807) is 12.0 Å². The van der Waals surface area contributed by atoms with E-state index >= 15 is 0 Å². The molecular weight excluding hydrogens is 252 g/mol. The molecule has 0 saturated heterocycles. The number of methoxy groups -OCH3 is 1. The number of ether oxygens (including phenoxy) is 1. The molecular formula is C16H24N2O2. The van der Waals surface area contributed by atoms with Crippen molar-refractivity contribution in [3.8, 4) is 5.75 Å². The summed E-state index contributed by atoms with van der Waals surface area (Å²) < 4.78 is 5.20. The van der Waals surface area contributed by atoms with Crippen molar-refractivity contribution in [1.82, 2.24) is 4.90 Å². The van der Waals surface area contributed by atoms with Crippen molar-refractivity contribution in [3.05, 3.63) is 29.8 Å². The Morgan fingerprint density at radius 2 is 2.25 bits per heavy atom. The van der Waals surface area contributed by atoms with Crippen molar-refractivity contribution in [1.29, 1.82) is 0 Å². The predicted molar refractivity (Wildman–Crippen MR) is 79.4 cm³/mol. The molecule has 0 bridgehead atoms. The van der Waals surface area contributed by atoms with E-state index < -0.39 is 0 Å². The third-order valence-corrected chi connectivity index (χ3v) is 4.13. The summed E-state index contributed by atoms with van der Waals surface area (Å²) in [6.07, 6.45) is 3.86. The lowest BCUT2D eigenvalue weighted by atomic mass is 9.99. The Balaban J connectivity index is 1.90. The van der Waals surface area contributed by atoms with Crippen LogP contribution >= 0.6 is 0 Å².